The zero-order valence-electron chi connectivity index (χ0n) is 11.8. The van der Waals surface area contributed by atoms with E-state index in [4.69, 9.17) is 16.3 Å². The first-order valence-electron chi connectivity index (χ1n) is 6.86. The molecule has 20 heavy (non-hydrogen) atoms. The fraction of sp³-hybridized carbons (Fsp3) is 0.533. The molecule has 1 fully saturated rings. The molecule has 0 radical (unpaired) electrons. The number of benzene rings is 1. The number of likely N-dealkylation sites (tertiary alicyclic amines) is 1. The van der Waals surface area contributed by atoms with Crippen LogP contribution in [0.5, 0.6) is 5.75 Å². The third kappa shape index (κ3) is 3.64. The van der Waals surface area contributed by atoms with Crippen LogP contribution in [0.3, 0.4) is 0 Å². The van der Waals surface area contributed by atoms with E-state index in [9.17, 15) is 9.90 Å². The van der Waals surface area contributed by atoms with Crippen LogP contribution in [0.25, 0.3) is 0 Å². The van der Waals surface area contributed by atoms with Crippen molar-refractivity contribution >= 4 is 17.5 Å². The molecule has 0 saturated carbocycles. The Morgan fingerprint density at radius 3 is 2.95 bits per heavy atom. The molecule has 1 N–H and O–H groups in total. The van der Waals surface area contributed by atoms with Crippen molar-refractivity contribution in [1.29, 1.82) is 0 Å². The van der Waals surface area contributed by atoms with Gasteiger partial charge in [0, 0.05) is 18.1 Å². The molecule has 0 aromatic heterocycles. The molecule has 1 saturated heterocycles. The molecular formula is C15H20ClNO3. The Balaban J connectivity index is 1.95. The van der Waals surface area contributed by atoms with Crippen molar-refractivity contribution < 1.29 is 14.6 Å². The van der Waals surface area contributed by atoms with Gasteiger partial charge in [-0.25, -0.2) is 0 Å². The van der Waals surface area contributed by atoms with E-state index in [2.05, 4.69) is 0 Å². The van der Waals surface area contributed by atoms with Gasteiger partial charge < -0.3 is 14.7 Å². The summed E-state index contributed by atoms with van der Waals surface area (Å²) in [6.07, 6.45) is -0.254. The third-order valence-corrected chi connectivity index (χ3v) is 3.86. The van der Waals surface area contributed by atoms with Crippen LogP contribution in [-0.2, 0) is 4.79 Å². The van der Waals surface area contributed by atoms with E-state index in [1.165, 1.54) is 0 Å². The lowest BCUT2D eigenvalue weighted by Gasteiger charge is -2.35. The summed E-state index contributed by atoms with van der Waals surface area (Å²) in [4.78, 5) is 14.1. The van der Waals surface area contributed by atoms with Crippen LogP contribution < -0.4 is 4.74 Å². The molecule has 1 amide bonds. The second kappa shape index (κ2) is 6.46. The maximum atomic E-state index is 12.3. The monoisotopic (exact) mass is 297 g/mol. The normalized spacial score (nSPS) is 24.3. The molecular weight excluding hydrogens is 278 g/mol. The van der Waals surface area contributed by atoms with Crippen LogP contribution in [0.15, 0.2) is 24.3 Å². The van der Waals surface area contributed by atoms with Crippen LogP contribution >= 0.6 is 11.6 Å². The molecule has 1 aliphatic rings. The summed E-state index contributed by atoms with van der Waals surface area (Å²) in [5.74, 6) is 0.637. The average molecular weight is 298 g/mol. The minimum Gasteiger partial charge on any atom is -0.481 e. The molecule has 2 rings (SSSR count). The summed E-state index contributed by atoms with van der Waals surface area (Å²) in [5, 5.41) is 10.3. The van der Waals surface area contributed by atoms with E-state index in [-0.39, 0.29) is 17.9 Å². The number of hydrogen-bond donors (Lipinski definition) is 1. The Morgan fingerprint density at radius 1 is 1.55 bits per heavy atom. The number of carbonyl (C=O) groups is 1. The fourth-order valence-electron chi connectivity index (χ4n) is 2.39. The van der Waals surface area contributed by atoms with Gasteiger partial charge in [-0.2, -0.15) is 0 Å². The second-order valence-corrected chi connectivity index (χ2v) is 5.77. The predicted octanol–water partition coefficient (Wildman–Crippen LogP) is 2.34. The Bertz CT molecular complexity index is 480. The molecule has 110 valence electrons. The van der Waals surface area contributed by atoms with Gasteiger partial charge in [0.25, 0.3) is 5.91 Å². The van der Waals surface area contributed by atoms with Gasteiger partial charge in [0.15, 0.2) is 6.10 Å². The van der Waals surface area contributed by atoms with Crippen molar-refractivity contribution in [2.24, 2.45) is 5.92 Å². The van der Waals surface area contributed by atoms with E-state index in [0.29, 0.717) is 30.3 Å². The summed E-state index contributed by atoms with van der Waals surface area (Å²) >= 11 is 5.89. The Hall–Kier alpha value is -1.26. The SMILES string of the molecule is CC(Oc1cccc(Cl)c1)C(=O)N1CCC(O)C(C)C1. The smallest absolute Gasteiger partial charge is 0.263 e. The molecule has 0 aliphatic carbocycles. The Morgan fingerprint density at radius 2 is 2.30 bits per heavy atom. The second-order valence-electron chi connectivity index (χ2n) is 5.34. The van der Waals surface area contributed by atoms with Gasteiger partial charge in [-0.3, -0.25) is 4.79 Å². The molecule has 1 aromatic rings. The summed E-state index contributed by atoms with van der Waals surface area (Å²) in [6.45, 7) is 4.84. The van der Waals surface area contributed by atoms with Gasteiger partial charge >= 0.3 is 0 Å². The lowest BCUT2D eigenvalue weighted by Crippen LogP contribution is -2.49. The minimum absolute atomic E-state index is 0.0521. The molecule has 0 spiro atoms. The maximum Gasteiger partial charge on any atom is 0.263 e. The zero-order chi connectivity index (χ0) is 14.7. The van der Waals surface area contributed by atoms with E-state index >= 15 is 0 Å². The van der Waals surface area contributed by atoms with Crippen molar-refractivity contribution in [1.82, 2.24) is 4.90 Å². The third-order valence-electron chi connectivity index (χ3n) is 3.63. The van der Waals surface area contributed by atoms with Gasteiger partial charge in [-0.05, 0) is 37.5 Å². The van der Waals surface area contributed by atoms with Gasteiger partial charge in [-0.1, -0.05) is 24.6 Å². The zero-order valence-corrected chi connectivity index (χ0v) is 12.5. The van der Waals surface area contributed by atoms with E-state index < -0.39 is 6.10 Å². The number of aliphatic hydroxyl groups excluding tert-OH is 1. The average Bonchev–Trinajstić information content (AvgIpc) is 2.41. The van der Waals surface area contributed by atoms with Crippen molar-refractivity contribution in [3.8, 4) is 5.75 Å². The summed E-state index contributed by atoms with van der Waals surface area (Å²) in [6, 6.07) is 7.01. The summed E-state index contributed by atoms with van der Waals surface area (Å²) < 4.78 is 5.63. The highest BCUT2D eigenvalue weighted by Gasteiger charge is 2.30. The summed E-state index contributed by atoms with van der Waals surface area (Å²) in [7, 11) is 0. The molecule has 1 aromatic carbocycles. The number of ether oxygens (including phenoxy) is 1. The summed E-state index contributed by atoms with van der Waals surface area (Å²) in [5.41, 5.74) is 0. The number of aliphatic hydroxyl groups is 1. The number of carbonyl (C=O) groups excluding carboxylic acids is 1. The first kappa shape index (κ1) is 15.1. The van der Waals surface area contributed by atoms with Crippen molar-refractivity contribution in [3.63, 3.8) is 0 Å². The van der Waals surface area contributed by atoms with E-state index in [0.717, 1.165) is 0 Å². The number of halogens is 1. The number of rotatable bonds is 3. The quantitative estimate of drug-likeness (QED) is 0.931. The lowest BCUT2D eigenvalue weighted by atomic mass is 9.96. The van der Waals surface area contributed by atoms with E-state index in [1.807, 2.05) is 6.92 Å². The number of amides is 1. The van der Waals surface area contributed by atoms with Crippen LogP contribution in [0, 0.1) is 5.92 Å². The van der Waals surface area contributed by atoms with Gasteiger partial charge in [-0.15, -0.1) is 0 Å². The lowest BCUT2D eigenvalue weighted by molar-refractivity contribution is -0.141. The minimum atomic E-state index is -0.559. The van der Waals surface area contributed by atoms with Crippen LogP contribution in [-0.4, -0.2) is 41.2 Å². The molecule has 1 heterocycles. The van der Waals surface area contributed by atoms with Gasteiger partial charge in [0.1, 0.15) is 5.75 Å². The standard InChI is InChI=1S/C15H20ClNO3/c1-10-9-17(7-6-14(10)18)15(19)11(2)20-13-5-3-4-12(16)8-13/h3-5,8,10-11,14,18H,6-7,9H2,1-2H3. The van der Waals surface area contributed by atoms with E-state index in [1.54, 1.807) is 36.1 Å². The maximum absolute atomic E-state index is 12.3. The van der Waals surface area contributed by atoms with Crippen LogP contribution in [0.1, 0.15) is 20.3 Å². The van der Waals surface area contributed by atoms with Gasteiger partial charge in [0.2, 0.25) is 0 Å². The Kier molecular flexibility index (Phi) is 4.89. The van der Waals surface area contributed by atoms with Crippen molar-refractivity contribution in [2.75, 3.05) is 13.1 Å². The van der Waals surface area contributed by atoms with Crippen LogP contribution in [0.2, 0.25) is 5.02 Å². The van der Waals surface area contributed by atoms with Gasteiger partial charge in [0.05, 0.1) is 6.10 Å². The molecule has 1 aliphatic heterocycles. The highest BCUT2D eigenvalue weighted by Crippen LogP contribution is 2.21. The Labute approximate surface area is 124 Å². The number of nitrogens with zero attached hydrogens (tertiary/aromatic N) is 1. The molecule has 5 heteroatoms. The largest absolute Gasteiger partial charge is 0.481 e. The van der Waals surface area contributed by atoms with Crippen molar-refractivity contribution in [2.45, 2.75) is 32.5 Å². The van der Waals surface area contributed by atoms with Crippen LogP contribution in [0.4, 0.5) is 0 Å². The first-order valence-corrected chi connectivity index (χ1v) is 7.24. The fourth-order valence-corrected chi connectivity index (χ4v) is 2.57. The molecule has 3 unspecified atom stereocenters. The topological polar surface area (TPSA) is 49.8 Å². The molecule has 0 bridgehead atoms. The number of hydrogen-bond acceptors (Lipinski definition) is 3. The highest BCUT2D eigenvalue weighted by molar-refractivity contribution is 6.30. The van der Waals surface area contributed by atoms with Crippen molar-refractivity contribution in [3.05, 3.63) is 29.3 Å². The number of piperidine rings is 1. The molecule has 4 nitrogen and oxygen atoms in total. The first-order chi connectivity index (χ1) is 9.47. The molecule has 3 atom stereocenters. The predicted molar refractivity (Wildman–Crippen MR) is 77.9 cm³/mol. The highest BCUT2D eigenvalue weighted by atomic mass is 35.5.